The van der Waals surface area contributed by atoms with Crippen LogP contribution in [0.2, 0.25) is 0 Å². The molecule has 0 aromatic carbocycles. The number of primary amides is 1. The van der Waals surface area contributed by atoms with E-state index >= 15 is 0 Å². The van der Waals surface area contributed by atoms with Crippen LogP contribution in [0.3, 0.4) is 0 Å². The van der Waals surface area contributed by atoms with Gasteiger partial charge < -0.3 is 23.1 Å². The monoisotopic (exact) mass is 265 g/mol. The predicted molar refractivity (Wildman–Crippen MR) is 53.4 cm³/mol. The standard InChI is InChI=1S/C3H5NO.CH2O2.2H3N.H2O5S/c1-2-3(4)5;2-1-3;;;1-5-6(2,3)4/h2H,1H2,(H2,4,5);1H,(H,2,3);2*1H3;1H,(H,2,3,4). The van der Waals surface area contributed by atoms with Gasteiger partial charge in [0.25, 0.3) is 6.47 Å². The van der Waals surface area contributed by atoms with E-state index in [0.717, 1.165) is 6.08 Å². The lowest BCUT2D eigenvalue weighted by molar-refractivity contribution is -0.139. The zero-order chi connectivity index (χ0) is 12.2. The zero-order valence-electron chi connectivity index (χ0n) is 8.14. The van der Waals surface area contributed by atoms with Crippen LogP contribution in [0.4, 0.5) is 0 Å². The van der Waals surface area contributed by atoms with Gasteiger partial charge in [-0.3, -0.25) is 14.1 Å². The Bertz CT molecular complexity index is 262. The number of nitrogens with two attached hydrogens (primary N) is 1. The molecule has 0 aliphatic heterocycles. The maximum atomic E-state index is 9.47. The number of amides is 1. The van der Waals surface area contributed by atoms with Crippen LogP contribution in [-0.4, -0.2) is 35.7 Å². The normalized spacial score (nSPS) is 7.12. The lowest BCUT2D eigenvalue weighted by Gasteiger charge is -1.79. The molecule has 0 aliphatic carbocycles. The van der Waals surface area contributed by atoms with Crippen LogP contribution in [-0.2, 0) is 24.3 Å². The van der Waals surface area contributed by atoms with Crippen molar-refractivity contribution in [3.05, 3.63) is 12.7 Å². The molecule has 0 saturated carbocycles. The van der Waals surface area contributed by atoms with Gasteiger partial charge in [0.2, 0.25) is 5.91 Å². The fourth-order valence-corrected chi connectivity index (χ4v) is 0. The van der Waals surface area contributed by atoms with E-state index in [1.54, 1.807) is 0 Å². The van der Waals surface area contributed by atoms with Gasteiger partial charge >= 0.3 is 10.4 Å². The molecule has 0 rings (SSSR count). The lowest BCUT2D eigenvalue weighted by Crippen LogP contribution is -2.04. The third-order valence-corrected chi connectivity index (χ3v) is 0.484. The van der Waals surface area contributed by atoms with Gasteiger partial charge in [0.15, 0.2) is 0 Å². The first-order chi connectivity index (χ1) is 6.24. The van der Waals surface area contributed by atoms with E-state index in [1.807, 2.05) is 0 Å². The van der Waals surface area contributed by atoms with Crippen molar-refractivity contribution in [3.8, 4) is 0 Å². The molecule has 0 aromatic rings. The molecule has 11 nitrogen and oxygen atoms in total. The molecular weight excluding hydrogens is 250 g/mol. The first-order valence-corrected chi connectivity index (χ1v) is 3.91. The Morgan fingerprint density at radius 2 is 1.50 bits per heavy atom. The molecule has 0 bridgehead atoms. The molecule has 0 fully saturated rings. The summed E-state index contributed by atoms with van der Waals surface area (Å²) in [4.78, 5) is 17.8. The Kier molecular flexibility index (Phi) is 34.9. The van der Waals surface area contributed by atoms with Gasteiger partial charge in [-0.2, -0.15) is 8.42 Å². The third kappa shape index (κ3) is 138. The SMILES string of the molecule is C=CC(N)=O.N.N.O=CO.O=S(=O)(O)OO. The summed E-state index contributed by atoms with van der Waals surface area (Å²) in [6, 6.07) is 0. The summed E-state index contributed by atoms with van der Waals surface area (Å²) in [6.07, 6.45) is 1.06. The van der Waals surface area contributed by atoms with Gasteiger partial charge in [0.05, 0.1) is 0 Å². The maximum Gasteiger partial charge on any atom is 0.423 e. The molecule has 0 radical (unpaired) electrons. The van der Waals surface area contributed by atoms with Gasteiger partial charge in [0.1, 0.15) is 0 Å². The van der Waals surface area contributed by atoms with Gasteiger partial charge in [-0.1, -0.05) is 10.9 Å². The average molecular weight is 265 g/mol. The van der Waals surface area contributed by atoms with Gasteiger partial charge in [-0.25, -0.2) is 5.26 Å². The van der Waals surface area contributed by atoms with Gasteiger partial charge in [-0.15, -0.1) is 0 Å². The Morgan fingerprint density at radius 3 is 1.50 bits per heavy atom. The second kappa shape index (κ2) is 19.1. The highest BCUT2D eigenvalue weighted by atomic mass is 32.3. The first-order valence-electron chi connectivity index (χ1n) is 2.55. The summed E-state index contributed by atoms with van der Waals surface area (Å²) in [5.74, 6) is -0.481. The third-order valence-electron chi connectivity index (χ3n) is 0.295. The fraction of sp³-hybridized carbons (Fsp3) is 0. The van der Waals surface area contributed by atoms with Crippen molar-refractivity contribution in [2.24, 2.45) is 5.73 Å². The van der Waals surface area contributed by atoms with Crippen LogP contribution in [0, 0.1) is 0 Å². The quantitative estimate of drug-likeness (QED) is 0.116. The minimum Gasteiger partial charge on any atom is -0.483 e. The molecule has 12 heteroatoms. The Morgan fingerprint density at radius 1 is 1.38 bits per heavy atom. The molecule has 0 aromatic heterocycles. The molecule has 0 saturated heterocycles. The summed E-state index contributed by atoms with van der Waals surface area (Å²) in [6.45, 7) is 2.84. The summed E-state index contributed by atoms with van der Waals surface area (Å²) < 4.78 is 28.0. The van der Waals surface area contributed by atoms with Crippen molar-refractivity contribution >= 4 is 22.8 Å². The second-order valence-electron chi connectivity index (χ2n) is 1.21. The molecule has 0 aliphatic rings. The van der Waals surface area contributed by atoms with E-state index in [4.69, 9.17) is 28.1 Å². The summed E-state index contributed by atoms with van der Waals surface area (Å²) in [5, 5.41) is 14.0. The topological polar surface area (TPSA) is 234 Å². The molecule has 0 spiro atoms. The van der Waals surface area contributed by atoms with E-state index < -0.39 is 16.3 Å². The highest BCUT2D eigenvalue weighted by molar-refractivity contribution is 7.80. The second-order valence-corrected chi connectivity index (χ2v) is 2.22. The summed E-state index contributed by atoms with van der Waals surface area (Å²) in [5.41, 5.74) is 4.53. The van der Waals surface area contributed by atoms with Gasteiger partial charge in [0, 0.05) is 0 Å². The summed E-state index contributed by atoms with van der Waals surface area (Å²) in [7, 11) is -4.61. The highest BCUT2D eigenvalue weighted by Crippen LogP contribution is 1.74. The Balaban J connectivity index is -0.0000000373. The molecular formula is C4H15N3O8S. The van der Waals surface area contributed by atoms with Crippen molar-refractivity contribution in [2.45, 2.75) is 0 Å². The smallest absolute Gasteiger partial charge is 0.423 e. The number of carbonyl (C=O) groups excluding carboxylic acids is 1. The van der Waals surface area contributed by atoms with Gasteiger partial charge in [-0.05, 0) is 6.08 Å². The van der Waals surface area contributed by atoms with E-state index in [-0.39, 0.29) is 18.8 Å². The largest absolute Gasteiger partial charge is 0.483 e. The van der Waals surface area contributed by atoms with Crippen molar-refractivity contribution in [1.29, 1.82) is 0 Å². The molecule has 0 unspecified atom stereocenters. The molecule has 0 atom stereocenters. The van der Waals surface area contributed by atoms with Crippen LogP contribution in [0.15, 0.2) is 12.7 Å². The van der Waals surface area contributed by atoms with Crippen molar-refractivity contribution < 1.29 is 37.3 Å². The number of hydrogen-bond acceptors (Lipinski definition) is 8. The maximum absolute atomic E-state index is 9.47. The van der Waals surface area contributed by atoms with Crippen LogP contribution < -0.4 is 18.0 Å². The highest BCUT2D eigenvalue weighted by Gasteiger charge is 1.97. The Labute approximate surface area is 91.6 Å². The molecule has 1 amide bonds. The predicted octanol–water partition coefficient (Wildman–Crippen LogP) is -1.04. The fourth-order valence-electron chi connectivity index (χ4n) is 0. The average Bonchev–Trinajstić information content (AvgIpc) is 2.06. The van der Waals surface area contributed by atoms with Crippen molar-refractivity contribution in [3.63, 3.8) is 0 Å². The molecule has 16 heavy (non-hydrogen) atoms. The summed E-state index contributed by atoms with van der Waals surface area (Å²) >= 11 is 0. The van der Waals surface area contributed by atoms with Crippen molar-refractivity contribution in [2.75, 3.05) is 0 Å². The van der Waals surface area contributed by atoms with Crippen LogP contribution in [0.1, 0.15) is 0 Å². The first kappa shape index (κ1) is 29.3. The number of hydrogen-bond donors (Lipinski definition) is 6. The number of carbonyl (C=O) groups is 2. The molecule has 100 valence electrons. The van der Waals surface area contributed by atoms with E-state index in [1.165, 1.54) is 0 Å². The Hall–Kier alpha value is -1.57. The van der Waals surface area contributed by atoms with Crippen LogP contribution >= 0.6 is 0 Å². The van der Waals surface area contributed by atoms with Crippen molar-refractivity contribution in [1.82, 2.24) is 12.3 Å². The van der Waals surface area contributed by atoms with Crippen LogP contribution in [0.5, 0.6) is 0 Å². The van der Waals surface area contributed by atoms with E-state index in [0.29, 0.717) is 0 Å². The van der Waals surface area contributed by atoms with E-state index in [2.05, 4.69) is 16.6 Å². The minimum atomic E-state index is -4.61. The van der Waals surface area contributed by atoms with E-state index in [9.17, 15) is 4.79 Å². The number of rotatable bonds is 2. The molecule has 11 N–H and O–H groups in total. The minimum absolute atomic E-state index is 0. The molecule has 0 heterocycles. The zero-order valence-corrected chi connectivity index (χ0v) is 8.96. The number of carboxylic acid groups (broad SMARTS) is 1. The van der Waals surface area contributed by atoms with Crippen LogP contribution in [0.25, 0.3) is 0 Å². The lowest BCUT2D eigenvalue weighted by atomic mass is 10.6.